The number of benzene rings is 1. The maximum absolute atomic E-state index is 12.5. The molecule has 126 valence electrons. The van der Waals surface area contributed by atoms with Crippen molar-refractivity contribution >= 4 is 29.3 Å². The van der Waals surface area contributed by atoms with Gasteiger partial charge in [0.1, 0.15) is 6.04 Å². The Morgan fingerprint density at radius 1 is 1.25 bits per heavy atom. The summed E-state index contributed by atoms with van der Waals surface area (Å²) in [6.07, 6.45) is 5.75. The lowest BCUT2D eigenvalue weighted by molar-refractivity contribution is -0.118. The SMILES string of the molecule is CSCC[C@H](NC(=O)c1cccc(C)c1)C(=O)Nc1cccnc1. The quantitative estimate of drug-likeness (QED) is 0.811. The Balaban J connectivity index is 2.06. The molecule has 0 bridgehead atoms. The van der Waals surface area contributed by atoms with Gasteiger partial charge < -0.3 is 10.6 Å². The van der Waals surface area contributed by atoms with E-state index in [4.69, 9.17) is 0 Å². The van der Waals surface area contributed by atoms with Crippen LogP contribution >= 0.6 is 11.8 Å². The summed E-state index contributed by atoms with van der Waals surface area (Å²) in [5.74, 6) is 0.295. The first kappa shape index (κ1) is 18.0. The molecule has 1 heterocycles. The molecule has 0 saturated heterocycles. The van der Waals surface area contributed by atoms with Gasteiger partial charge in [0.05, 0.1) is 11.9 Å². The number of nitrogens with one attached hydrogen (secondary N) is 2. The zero-order chi connectivity index (χ0) is 17.4. The van der Waals surface area contributed by atoms with Gasteiger partial charge in [0, 0.05) is 11.8 Å². The predicted octanol–water partition coefficient (Wildman–Crippen LogP) is 2.88. The average molecular weight is 343 g/mol. The third kappa shape index (κ3) is 5.38. The van der Waals surface area contributed by atoms with Gasteiger partial charge in [0.25, 0.3) is 5.91 Å². The van der Waals surface area contributed by atoms with Crippen LogP contribution in [0.4, 0.5) is 5.69 Å². The van der Waals surface area contributed by atoms with Gasteiger partial charge >= 0.3 is 0 Å². The summed E-state index contributed by atoms with van der Waals surface area (Å²) >= 11 is 1.64. The first-order valence-corrected chi connectivity index (χ1v) is 9.07. The minimum atomic E-state index is -0.592. The molecule has 5 nitrogen and oxygen atoms in total. The Morgan fingerprint density at radius 2 is 2.08 bits per heavy atom. The summed E-state index contributed by atoms with van der Waals surface area (Å²) in [5, 5.41) is 5.62. The van der Waals surface area contributed by atoms with Crippen LogP contribution in [0.15, 0.2) is 48.8 Å². The van der Waals surface area contributed by atoms with Gasteiger partial charge in [0.2, 0.25) is 5.91 Å². The van der Waals surface area contributed by atoms with E-state index >= 15 is 0 Å². The minimum Gasteiger partial charge on any atom is -0.340 e. The van der Waals surface area contributed by atoms with Crippen molar-refractivity contribution < 1.29 is 9.59 Å². The van der Waals surface area contributed by atoms with Crippen LogP contribution in [0.1, 0.15) is 22.3 Å². The maximum Gasteiger partial charge on any atom is 0.251 e. The second-order valence-electron chi connectivity index (χ2n) is 5.41. The van der Waals surface area contributed by atoms with E-state index in [0.29, 0.717) is 17.7 Å². The Bertz CT molecular complexity index is 692. The van der Waals surface area contributed by atoms with Crippen LogP contribution in [0.2, 0.25) is 0 Å². The second kappa shape index (κ2) is 9.08. The van der Waals surface area contributed by atoms with E-state index < -0.39 is 6.04 Å². The van der Waals surface area contributed by atoms with Crippen LogP contribution in [0.3, 0.4) is 0 Å². The Kier molecular flexibility index (Phi) is 6.81. The second-order valence-corrected chi connectivity index (χ2v) is 6.39. The van der Waals surface area contributed by atoms with Gasteiger partial charge in [-0.15, -0.1) is 0 Å². The molecule has 2 rings (SSSR count). The number of nitrogens with zero attached hydrogens (tertiary/aromatic N) is 1. The first-order chi connectivity index (χ1) is 11.6. The van der Waals surface area contributed by atoms with Crippen molar-refractivity contribution in [2.45, 2.75) is 19.4 Å². The van der Waals surface area contributed by atoms with E-state index in [2.05, 4.69) is 15.6 Å². The zero-order valence-corrected chi connectivity index (χ0v) is 14.6. The van der Waals surface area contributed by atoms with Crippen molar-refractivity contribution in [1.29, 1.82) is 0 Å². The number of rotatable bonds is 7. The smallest absolute Gasteiger partial charge is 0.251 e. The van der Waals surface area contributed by atoms with Crippen molar-refractivity contribution in [3.8, 4) is 0 Å². The number of thioether (sulfide) groups is 1. The van der Waals surface area contributed by atoms with Gasteiger partial charge in [0.15, 0.2) is 0 Å². The lowest BCUT2D eigenvalue weighted by Gasteiger charge is -2.18. The van der Waals surface area contributed by atoms with Crippen LogP contribution in [0, 0.1) is 6.92 Å². The molecule has 1 aromatic heterocycles. The number of pyridine rings is 1. The highest BCUT2D eigenvalue weighted by atomic mass is 32.2. The van der Waals surface area contributed by atoms with Crippen molar-refractivity contribution in [2.75, 3.05) is 17.3 Å². The molecule has 0 aliphatic carbocycles. The van der Waals surface area contributed by atoms with Gasteiger partial charge in [-0.1, -0.05) is 17.7 Å². The highest BCUT2D eigenvalue weighted by Gasteiger charge is 2.21. The molecule has 1 atom stereocenters. The Labute approximate surface area is 146 Å². The molecule has 2 amide bonds. The molecule has 1 aromatic carbocycles. The van der Waals surface area contributed by atoms with E-state index in [9.17, 15) is 9.59 Å². The summed E-state index contributed by atoms with van der Waals surface area (Å²) in [6, 6.07) is 10.2. The average Bonchev–Trinajstić information content (AvgIpc) is 2.59. The molecule has 6 heteroatoms. The zero-order valence-electron chi connectivity index (χ0n) is 13.8. The molecule has 2 N–H and O–H groups in total. The third-order valence-corrected chi connectivity index (χ3v) is 4.09. The number of hydrogen-bond acceptors (Lipinski definition) is 4. The minimum absolute atomic E-state index is 0.238. The van der Waals surface area contributed by atoms with E-state index in [1.165, 1.54) is 0 Å². The van der Waals surface area contributed by atoms with Crippen molar-refractivity contribution in [2.24, 2.45) is 0 Å². The molecule has 0 aliphatic heterocycles. The fourth-order valence-corrected chi connectivity index (χ4v) is 2.67. The number of aryl methyl sites for hydroxylation is 1. The van der Waals surface area contributed by atoms with E-state index in [0.717, 1.165) is 11.3 Å². The lowest BCUT2D eigenvalue weighted by Crippen LogP contribution is -2.44. The van der Waals surface area contributed by atoms with Crippen LogP contribution in [0.25, 0.3) is 0 Å². The molecule has 0 aliphatic rings. The summed E-state index contributed by atoms with van der Waals surface area (Å²) in [7, 11) is 0. The topological polar surface area (TPSA) is 71.1 Å². The van der Waals surface area contributed by atoms with Crippen molar-refractivity contribution in [3.05, 3.63) is 59.9 Å². The van der Waals surface area contributed by atoms with Crippen LogP contribution < -0.4 is 10.6 Å². The molecule has 0 unspecified atom stereocenters. The summed E-state index contributed by atoms with van der Waals surface area (Å²) in [6.45, 7) is 1.93. The van der Waals surface area contributed by atoms with Crippen molar-refractivity contribution in [1.82, 2.24) is 10.3 Å². The van der Waals surface area contributed by atoms with Gasteiger partial charge in [-0.25, -0.2) is 0 Å². The summed E-state index contributed by atoms with van der Waals surface area (Å²) in [4.78, 5) is 28.9. The fraction of sp³-hybridized carbons (Fsp3) is 0.278. The molecular formula is C18H21N3O2S. The van der Waals surface area contributed by atoms with Gasteiger partial charge in [-0.2, -0.15) is 11.8 Å². The number of anilines is 1. The molecular weight excluding hydrogens is 322 g/mol. The lowest BCUT2D eigenvalue weighted by atomic mass is 10.1. The van der Waals surface area contributed by atoms with Crippen LogP contribution in [-0.4, -0.2) is 34.8 Å². The molecule has 2 aromatic rings. The van der Waals surface area contributed by atoms with E-state index in [1.807, 2.05) is 25.3 Å². The summed E-state index contributed by atoms with van der Waals surface area (Å²) < 4.78 is 0. The maximum atomic E-state index is 12.5. The van der Waals surface area contributed by atoms with E-state index in [1.54, 1.807) is 48.4 Å². The molecule has 0 fully saturated rings. The Hall–Kier alpha value is -2.34. The number of amides is 2. The largest absolute Gasteiger partial charge is 0.340 e. The Morgan fingerprint density at radius 3 is 2.75 bits per heavy atom. The van der Waals surface area contributed by atoms with Gasteiger partial charge in [-0.3, -0.25) is 14.6 Å². The monoisotopic (exact) mass is 343 g/mol. The van der Waals surface area contributed by atoms with Crippen LogP contribution in [-0.2, 0) is 4.79 Å². The number of carbonyl (C=O) groups is 2. The molecule has 24 heavy (non-hydrogen) atoms. The summed E-state index contributed by atoms with van der Waals surface area (Å²) in [5.41, 5.74) is 2.17. The molecule has 0 saturated carbocycles. The molecule has 0 spiro atoms. The normalized spacial score (nSPS) is 11.6. The first-order valence-electron chi connectivity index (χ1n) is 7.67. The number of aromatic nitrogens is 1. The van der Waals surface area contributed by atoms with Gasteiger partial charge in [-0.05, 0) is 49.6 Å². The van der Waals surface area contributed by atoms with Crippen LogP contribution in [0.5, 0.6) is 0 Å². The van der Waals surface area contributed by atoms with Crippen molar-refractivity contribution in [3.63, 3.8) is 0 Å². The number of carbonyl (C=O) groups excluding carboxylic acids is 2. The third-order valence-electron chi connectivity index (χ3n) is 3.44. The standard InChI is InChI=1S/C18H21N3O2S/c1-13-5-3-6-14(11-13)17(22)21-16(8-10-24-2)18(23)20-15-7-4-9-19-12-15/h3-7,9,11-12,16H,8,10H2,1-2H3,(H,20,23)(H,21,22)/t16-/m0/s1. The predicted molar refractivity (Wildman–Crippen MR) is 98.3 cm³/mol. The van der Waals surface area contributed by atoms with E-state index in [-0.39, 0.29) is 11.8 Å². The highest BCUT2D eigenvalue weighted by molar-refractivity contribution is 7.98. The molecule has 0 radical (unpaired) electrons. The fourth-order valence-electron chi connectivity index (χ4n) is 2.20. The number of hydrogen-bond donors (Lipinski definition) is 2. The highest BCUT2D eigenvalue weighted by Crippen LogP contribution is 2.09.